The number of amides is 1. The van der Waals surface area contributed by atoms with Crippen LogP contribution in [0.25, 0.3) is 11.1 Å². The Balaban J connectivity index is 1.90. The minimum atomic E-state index is -0.669. The standard InChI is InChI=1S/C33H48N2O3S2/c1-24-11-9-10-14-28(24)30-21-27(15-16-29(30)32(36)34-31(18-20-39-4)33(37)38-3)22-35(25(2)23-40-5)19-17-26-12-7-6-8-13-26/h9-11,14-16,21,25-26,31H,6-8,12-13,17-20,22-23H2,1-5H3,(H,34,36)/t25-,31-/m0/s1. The zero-order chi connectivity index (χ0) is 28.9. The van der Waals surface area contributed by atoms with Crippen molar-refractivity contribution in [1.29, 1.82) is 0 Å². The summed E-state index contributed by atoms with van der Waals surface area (Å²) in [6, 6.07) is 14.2. The number of carbonyl (C=O) groups is 2. The smallest absolute Gasteiger partial charge is 0.328 e. The van der Waals surface area contributed by atoms with Crippen molar-refractivity contribution in [3.63, 3.8) is 0 Å². The number of aryl methyl sites for hydroxylation is 1. The number of esters is 1. The Morgan fingerprint density at radius 2 is 1.80 bits per heavy atom. The topological polar surface area (TPSA) is 58.6 Å². The first-order valence-corrected chi connectivity index (χ1v) is 17.5. The van der Waals surface area contributed by atoms with Gasteiger partial charge in [0.15, 0.2) is 0 Å². The molecule has 0 saturated heterocycles. The number of rotatable bonds is 15. The molecule has 5 nitrogen and oxygen atoms in total. The van der Waals surface area contributed by atoms with Crippen LogP contribution in [-0.4, -0.2) is 66.5 Å². The van der Waals surface area contributed by atoms with Crippen molar-refractivity contribution < 1.29 is 14.3 Å². The molecule has 1 aliphatic carbocycles. The monoisotopic (exact) mass is 584 g/mol. The van der Waals surface area contributed by atoms with Crippen LogP contribution < -0.4 is 5.32 Å². The van der Waals surface area contributed by atoms with Crippen LogP contribution in [0, 0.1) is 12.8 Å². The maximum Gasteiger partial charge on any atom is 0.328 e. The highest BCUT2D eigenvalue weighted by Crippen LogP contribution is 2.30. The molecule has 0 bridgehead atoms. The Bertz CT molecular complexity index is 1090. The average molecular weight is 585 g/mol. The van der Waals surface area contributed by atoms with Crippen molar-refractivity contribution in [2.45, 2.75) is 77.4 Å². The van der Waals surface area contributed by atoms with Crippen molar-refractivity contribution in [3.05, 3.63) is 59.2 Å². The van der Waals surface area contributed by atoms with Crippen LogP contribution in [0.4, 0.5) is 0 Å². The fourth-order valence-corrected chi connectivity index (χ4v) is 6.87. The first-order valence-electron chi connectivity index (χ1n) is 14.7. The van der Waals surface area contributed by atoms with E-state index < -0.39 is 12.0 Å². The lowest BCUT2D eigenvalue weighted by Gasteiger charge is -2.31. The first-order chi connectivity index (χ1) is 19.4. The molecule has 1 fully saturated rings. The SMILES string of the molecule is COC(=O)[C@H](CCSC)NC(=O)c1ccc(CN(CCC2CCCCC2)[C@@H](C)CSC)cc1-c1ccccc1C. The van der Waals surface area contributed by atoms with Gasteiger partial charge in [-0.15, -0.1) is 0 Å². The molecule has 1 saturated carbocycles. The van der Waals surface area contributed by atoms with Crippen LogP contribution in [0.2, 0.25) is 0 Å². The lowest BCUT2D eigenvalue weighted by Crippen LogP contribution is -2.42. The van der Waals surface area contributed by atoms with Gasteiger partial charge in [-0.25, -0.2) is 4.79 Å². The van der Waals surface area contributed by atoms with E-state index in [1.165, 1.54) is 51.2 Å². The van der Waals surface area contributed by atoms with E-state index in [-0.39, 0.29) is 5.91 Å². The molecule has 0 unspecified atom stereocenters. The third-order valence-electron chi connectivity index (χ3n) is 8.13. The Morgan fingerprint density at radius 3 is 2.48 bits per heavy atom. The zero-order valence-electron chi connectivity index (χ0n) is 25.0. The van der Waals surface area contributed by atoms with Gasteiger partial charge in [0.05, 0.1) is 7.11 Å². The lowest BCUT2D eigenvalue weighted by molar-refractivity contribution is -0.142. The van der Waals surface area contributed by atoms with Gasteiger partial charge in [0.25, 0.3) is 5.91 Å². The van der Waals surface area contributed by atoms with Crippen molar-refractivity contribution in [1.82, 2.24) is 10.2 Å². The number of nitrogens with one attached hydrogen (secondary N) is 1. The van der Waals surface area contributed by atoms with Gasteiger partial charge in [-0.05, 0) is 91.8 Å². The first kappa shape index (κ1) is 32.6. The molecule has 1 N–H and O–H groups in total. The van der Waals surface area contributed by atoms with Crippen molar-refractivity contribution >= 4 is 35.4 Å². The highest BCUT2D eigenvalue weighted by atomic mass is 32.2. The molecule has 2 aromatic rings. The Kier molecular flexibility index (Phi) is 13.9. The van der Waals surface area contributed by atoms with Crippen LogP contribution in [0.1, 0.15) is 73.4 Å². The summed E-state index contributed by atoms with van der Waals surface area (Å²) in [6.07, 6.45) is 12.8. The summed E-state index contributed by atoms with van der Waals surface area (Å²) in [5.74, 6) is 2.05. The predicted molar refractivity (Wildman–Crippen MR) is 172 cm³/mol. The second-order valence-corrected chi connectivity index (χ2v) is 13.0. The van der Waals surface area contributed by atoms with E-state index >= 15 is 0 Å². The van der Waals surface area contributed by atoms with Gasteiger partial charge >= 0.3 is 5.97 Å². The molecule has 2 aromatic carbocycles. The third-order valence-corrected chi connectivity index (χ3v) is 9.59. The van der Waals surface area contributed by atoms with Crippen molar-refractivity contribution in [2.75, 3.05) is 37.7 Å². The lowest BCUT2D eigenvalue weighted by atomic mass is 9.87. The van der Waals surface area contributed by atoms with Crippen LogP contribution in [0.5, 0.6) is 0 Å². The van der Waals surface area contributed by atoms with E-state index in [2.05, 4.69) is 54.6 Å². The summed E-state index contributed by atoms with van der Waals surface area (Å²) in [4.78, 5) is 28.6. The van der Waals surface area contributed by atoms with E-state index in [0.29, 0.717) is 18.0 Å². The second-order valence-electron chi connectivity index (χ2n) is 11.1. The predicted octanol–water partition coefficient (Wildman–Crippen LogP) is 7.21. The van der Waals surface area contributed by atoms with Crippen molar-refractivity contribution in [2.24, 2.45) is 5.92 Å². The molecule has 220 valence electrons. The summed E-state index contributed by atoms with van der Waals surface area (Å²) in [6.45, 7) is 6.37. The van der Waals surface area contributed by atoms with Crippen LogP contribution >= 0.6 is 23.5 Å². The number of hydrogen-bond acceptors (Lipinski definition) is 6. The van der Waals surface area contributed by atoms with Gasteiger partial charge in [0.1, 0.15) is 6.04 Å². The maximum atomic E-state index is 13.6. The maximum absolute atomic E-state index is 13.6. The summed E-state index contributed by atoms with van der Waals surface area (Å²) < 4.78 is 4.98. The molecule has 0 aliphatic heterocycles. The normalized spacial score (nSPS) is 15.6. The van der Waals surface area contributed by atoms with Gasteiger partial charge in [-0.2, -0.15) is 23.5 Å². The van der Waals surface area contributed by atoms with Crippen LogP contribution in [0.3, 0.4) is 0 Å². The minimum absolute atomic E-state index is 0.244. The van der Waals surface area contributed by atoms with Gasteiger partial charge in [-0.3, -0.25) is 9.69 Å². The van der Waals surface area contributed by atoms with Crippen molar-refractivity contribution in [3.8, 4) is 11.1 Å². The Morgan fingerprint density at radius 1 is 1.05 bits per heavy atom. The number of nitrogens with zero attached hydrogens (tertiary/aromatic N) is 1. The minimum Gasteiger partial charge on any atom is -0.467 e. The molecule has 1 aliphatic rings. The second kappa shape index (κ2) is 17.1. The fourth-order valence-electron chi connectivity index (χ4n) is 5.71. The number of carbonyl (C=O) groups excluding carboxylic acids is 2. The van der Waals surface area contributed by atoms with Gasteiger partial charge in [0.2, 0.25) is 0 Å². The Labute approximate surface area is 250 Å². The highest BCUT2D eigenvalue weighted by molar-refractivity contribution is 7.98. The highest BCUT2D eigenvalue weighted by Gasteiger charge is 2.25. The van der Waals surface area contributed by atoms with E-state index in [9.17, 15) is 9.59 Å². The summed E-state index contributed by atoms with van der Waals surface area (Å²) in [5.41, 5.74) is 4.86. The van der Waals surface area contributed by atoms with E-state index in [1.807, 2.05) is 36.2 Å². The average Bonchev–Trinajstić information content (AvgIpc) is 2.97. The van der Waals surface area contributed by atoms with Crippen LogP contribution in [0.15, 0.2) is 42.5 Å². The molecule has 40 heavy (non-hydrogen) atoms. The molecule has 1 amide bonds. The largest absolute Gasteiger partial charge is 0.467 e. The third kappa shape index (κ3) is 9.56. The molecular formula is C33H48N2O3S2. The zero-order valence-corrected chi connectivity index (χ0v) is 26.7. The number of benzene rings is 2. The Hall–Kier alpha value is -1.96. The number of hydrogen-bond donors (Lipinski definition) is 1. The molecule has 3 rings (SSSR count). The fraction of sp³-hybridized carbons (Fsp3) is 0.576. The summed E-state index contributed by atoms with van der Waals surface area (Å²) in [5, 5.41) is 2.96. The molecule has 0 spiro atoms. The number of thioether (sulfide) groups is 2. The molecule has 0 heterocycles. The van der Waals surface area contributed by atoms with E-state index in [0.717, 1.165) is 47.2 Å². The molecule has 0 radical (unpaired) electrons. The molecule has 0 aromatic heterocycles. The van der Waals surface area contributed by atoms with Gasteiger partial charge < -0.3 is 10.1 Å². The molecule has 2 atom stereocenters. The van der Waals surface area contributed by atoms with E-state index in [1.54, 1.807) is 11.8 Å². The molecule has 7 heteroatoms. The van der Waals surface area contributed by atoms with Gasteiger partial charge in [0, 0.05) is 23.9 Å². The van der Waals surface area contributed by atoms with Crippen LogP contribution in [-0.2, 0) is 16.1 Å². The van der Waals surface area contributed by atoms with Gasteiger partial charge in [-0.1, -0.05) is 62.4 Å². The quantitative estimate of drug-likeness (QED) is 0.223. The molecular weight excluding hydrogens is 537 g/mol. The number of ether oxygens (including phenoxy) is 1. The van der Waals surface area contributed by atoms with E-state index in [4.69, 9.17) is 4.74 Å². The summed E-state index contributed by atoms with van der Waals surface area (Å²) in [7, 11) is 1.37. The summed E-state index contributed by atoms with van der Waals surface area (Å²) >= 11 is 3.54. The number of methoxy groups -OCH3 is 1.